The Bertz CT molecular complexity index is 549. The number of benzene rings is 2. The Morgan fingerprint density at radius 3 is 2.25 bits per heavy atom. The smallest absolute Gasteiger partial charge is 0.0510 e. The molecule has 0 aliphatic carbocycles. The van der Waals surface area contributed by atoms with Crippen LogP contribution in [0, 0.1) is 3.57 Å². The first-order chi connectivity index (χ1) is 9.61. The SMILES string of the molecule is CC(C)c1ccc(CC(NN)c2ccccc2I)cc1. The molecule has 3 heteroatoms. The maximum Gasteiger partial charge on any atom is 0.0510 e. The number of hydrazine groups is 1. The highest BCUT2D eigenvalue weighted by Crippen LogP contribution is 2.23. The van der Waals surface area contributed by atoms with Crippen LogP contribution < -0.4 is 11.3 Å². The molecule has 2 nitrogen and oxygen atoms in total. The van der Waals surface area contributed by atoms with Gasteiger partial charge in [0.05, 0.1) is 6.04 Å². The van der Waals surface area contributed by atoms with Crippen LogP contribution in [-0.4, -0.2) is 0 Å². The quantitative estimate of drug-likeness (QED) is 0.464. The van der Waals surface area contributed by atoms with Crippen LogP contribution >= 0.6 is 22.6 Å². The Labute approximate surface area is 134 Å². The summed E-state index contributed by atoms with van der Waals surface area (Å²) in [6.45, 7) is 4.43. The van der Waals surface area contributed by atoms with Crippen molar-refractivity contribution >= 4 is 22.6 Å². The summed E-state index contributed by atoms with van der Waals surface area (Å²) in [6, 6.07) is 17.3. The Morgan fingerprint density at radius 2 is 1.70 bits per heavy atom. The second-order valence-corrected chi connectivity index (χ2v) is 6.50. The van der Waals surface area contributed by atoms with Crippen LogP contribution in [0.15, 0.2) is 48.5 Å². The summed E-state index contributed by atoms with van der Waals surface area (Å²) in [5.74, 6) is 6.32. The highest BCUT2D eigenvalue weighted by Gasteiger charge is 2.13. The van der Waals surface area contributed by atoms with E-state index in [0.29, 0.717) is 5.92 Å². The standard InChI is InChI=1S/C17H21IN2/c1-12(2)14-9-7-13(8-10-14)11-17(20-19)15-5-3-4-6-16(15)18/h3-10,12,17,20H,11,19H2,1-2H3. The van der Waals surface area contributed by atoms with E-state index in [9.17, 15) is 0 Å². The van der Waals surface area contributed by atoms with E-state index in [1.54, 1.807) is 0 Å². The molecule has 106 valence electrons. The lowest BCUT2D eigenvalue weighted by Gasteiger charge is -2.18. The molecule has 0 spiro atoms. The molecule has 0 bridgehead atoms. The third kappa shape index (κ3) is 3.81. The zero-order valence-electron chi connectivity index (χ0n) is 11.9. The first-order valence-corrected chi connectivity index (χ1v) is 7.99. The van der Waals surface area contributed by atoms with Gasteiger partial charge in [-0.1, -0.05) is 56.3 Å². The minimum Gasteiger partial charge on any atom is -0.271 e. The molecule has 2 aromatic carbocycles. The molecule has 20 heavy (non-hydrogen) atoms. The number of hydrogen-bond acceptors (Lipinski definition) is 2. The monoisotopic (exact) mass is 380 g/mol. The predicted molar refractivity (Wildman–Crippen MR) is 93.5 cm³/mol. The number of nitrogens with one attached hydrogen (secondary N) is 1. The highest BCUT2D eigenvalue weighted by atomic mass is 127. The van der Waals surface area contributed by atoms with Crippen LogP contribution in [0.4, 0.5) is 0 Å². The van der Waals surface area contributed by atoms with Crippen molar-refractivity contribution in [2.45, 2.75) is 32.2 Å². The molecule has 0 amide bonds. The topological polar surface area (TPSA) is 38.0 Å². The van der Waals surface area contributed by atoms with Gasteiger partial charge in [0, 0.05) is 3.57 Å². The average molecular weight is 380 g/mol. The lowest BCUT2D eigenvalue weighted by Crippen LogP contribution is -2.30. The number of rotatable bonds is 5. The summed E-state index contributed by atoms with van der Waals surface area (Å²) in [5, 5.41) is 0. The maximum atomic E-state index is 5.75. The maximum absolute atomic E-state index is 5.75. The number of halogens is 1. The molecule has 0 aliphatic heterocycles. The minimum atomic E-state index is 0.146. The van der Waals surface area contributed by atoms with Crippen molar-refractivity contribution in [1.82, 2.24) is 5.43 Å². The molecule has 0 aromatic heterocycles. The molecule has 1 unspecified atom stereocenters. The van der Waals surface area contributed by atoms with Crippen LogP contribution in [0.5, 0.6) is 0 Å². The molecule has 0 fully saturated rings. The van der Waals surface area contributed by atoms with E-state index in [1.165, 1.54) is 20.3 Å². The zero-order valence-corrected chi connectivity index (χ0v) is 14.1. The lowest BCUT2D eigenvalue weighted by atomic mass is 9.96. The molecule has 1 atom stereocenters. The lowest BCUT2D eigenvalue weighted by molar-refractivity contribution is 0.549. The van der Waals surface area contributed by atoms with Gasteiger partial charge >= 0.3 is 0 Å². The minimum absolute atomic E-state index is 0.146. The molecule has 2 aromatic rings. The average Bonchev–Trinajstić information content (AvgIpc) is 2.46. The third-order valence-electron chi connectivity index (χ3n) is 3.57. The summed E-state index contributed by atoms with van der Waals surface area (Å²) in [4.78, 5) is 0. The molecular weight excluding hydrogens is 359 g/mol. The normalized spacial score (nSPS) is 12.7. The van der Waals surface area contributed by atoms with Gasteiger partial charge in [0.2, 0.25) is 0 Å². The van der Waals surface area contributed by atoms with E-state index in [2.05, 4.69) is 90.4 Å². The summed E-state index contributed by atoms with van der Waals surface area (Å²) >= 11 is 2.36. The van der Waals surface area contributed by atoms with Crippen LogP contribution in [0.2, 0.25) is 0 Å². The van der Waals surface area contributed by atoms with E-state index in [0.717, 1.165) is 6.42 Å². The summed E-state index contributed by atoms with van der Waals surface area (Å²) in [6.07, 6.45) is 0.898. The summed E-state index contributed by atoms with van der Waals surface area (Å²) < 4.78 is 1.24. The molecule has 0 saturated carbocycles. The molecule has 3 N–H and O–H groups in total. The Kier molecular flexibility index (Phi) is 5.57. The number of nitrogens with two attached hydrogens (primary N) is 1. The molecule has 0 saturated heterocycles. The largest absolute Gasteiger partial charge is 0.271 e. The predicted octanol–water partition coefficient (Wildman–Crippen LogP) is 4.16. The van der Waals surface area contributed by atoms with E-state index >= 15 is 0 Å². The van der Waals surface area contributed by atoms with E-state index in [4.69, 9.17) is 5.84 Å². The van der Waals surface area contributed by atoms with Crippen molar-refractivity contribution in [2.24, 2.45) is 5.84 Å². The fraction of sp³-hybridized carbons (Fsp3) is 0.294. The van der Waals surface area contributed by atoms with Gasteiger partial charge in [0.25, 0.3) is 0 Å². The van der Waals surface area contributed by atoms with Crippen molar-refractivity contribution < 1.29 is 0 Å². The zero-order chi connectivity index (χ0) is 14.5. The van der Waals surface area contributed by atoms with E-state index in [1.807, 2.05) is 0 Å². The van der Waals surface area contributed by atoms with Crippen LogP contribution in [-0.2, 0) is 6.42 Å². The molecule has 2 rings (SSSR count). The van der Waals surface area contributed by atoms with Gasteiger partial charge in [-0.25, -0.2) is 0 Å². The van der Waals surface area contributed by atoms with Crippen molar-refractivity contribution in [3.05, 3.63) is 68.8 Å². The van der Waals surface area contributed by atoms with Crippen molar-refractivity contribution in [1.29, 1.82) is 0 Å². The third-order valence-corrected chi connectivity index (χ3v) is 4.55. The van der Waals surface area contributed by atoms with Crippen molar-refractivity contribution in [2.75, 3.05) is 0 Å². The fourth-order valence-electron chi connectivity index (χ4n) is 2.29. The second-order valence-electron chi connectivity index (χ2n) is 5.34. The van der Waals surface area contributed by atoms with Crippen molar-refractivity contribution in [3.63, 3.8) is 0 Å². The molecule has 0 radical (unpaired) electrons. The van der Waals surface area contributed by atoms with Gasteiger partial charge in [-0.3, -0.25) is 11.3 Å². The van der Waals surface area contributed by atoms with Gasteiger partial charge in [-0.15, -0.1) is 0 Å². The van der Waals surface area contributed by atoms with E-state index < -0.39 is 0 Å². The molecular formula is C17H21IN2. The molecule has 0 aliphatic rings. The summed E-state index contributed by atoms with van der Waals surface area (Å²) in [7, 11) is 0. The first-order valence-electron chi connectivity index (χ1n) is 6.91. The number of hydrogen-bond donors (Lipinski definition) is 2. The Morgan fingerprint density at radius 1 is 1.05 bits per heavy atom. The van der Waals surface area contributed by atoms with Crippen LogP contribution in [0.3, 0.4) is 0 Å². The van der Waals surface area contributed by atoms with Gasteiger partial charge in [-0.2, -0.15) is 0 Å². The molecule has 0 heterocycles. The van der Waals surface area contributed by atoms with Crippen LogP contribution in [0.1, 0.15) is 42.5 Å². The van der Waals surface area contributed by atoms with Gasteiger partial charge in [0.1, 0.15) is 0 Å². The van der Waals surface area contributed by atoms with Gasteiger partial charge < -0.3 is 0 Å². The van der Waals surface area contributed by atoms with Gasteiger partial charge in [-0.05, 0) is 57.7 Å². The summed E-state index contributed by atoms with van der Waals surface area (Å²) in [5.41, 5.74) is 6.87. The van der Waals surface area contributed by atoms with Crippen LogP contribution in [0.25, 0.3) is 0 Å². The fourth-order valence-corrected chi connectivity index (χ4v) is 3.05. The van der Waals surface area contributed by atoms with Crippen molar-refractivity contribution in [3.8, 4) is 0 Å². The Balaban J connectivity index is 2.16. The first kappa shape index (κ1) is 15.5. The highest BCUT2D eigenvalue weighted by molar-refractivity contribution is 14.1. The van der Waals surface area contributed by atoms with E-state index in [-0.39, 0.29) is 6.04 Å². The Hall–Kier alpha value is -0.910. The van der Waals surface area contributed by atoms with Gasteiger partial charge in [0.15, 0.2) is 0 Å². The second kappa shape index (κ2) is 7.20.